The molecule has 0 unspecified atom stereocenters. The zero-order chi connectivity index (χ0) is 23.1. The molecular formula is C24H34Cl2N4O2. The summed E-state index contributed by atoms with van der Waals surface area (Å²) in [6, 6.07) is 6.37. The van der Waals surface area contributed by atoms with Crippen LogP contribution in [0.15, 0.2) is 24.3 Å². The highest BCUT2D eigenvalue weighted by Crippen LogP contribution is 2.23. The number of piperidine rings is 1. The lowest BCUT2D eigenvalue weighted by molar-refractivity contribution is -0.130. The third-order valence-electron chi connectivity index (χ3n) is 6.34. The maximum absolute atomic E-state index is 12.6. The number of benzene rings is 1. The fourth-order valence-corrected chi connectivity index (χ4v) is 4.54. The van der Waals surface area contributed by atoms with Crippen LogP contribution in [-0.2, 0) is 9.59 Å². The number of carbonyl (C=O) groups excluding carboxylic acids is 2. The molecule has 0 radical (unpaired) electrons. The van der Waals surface area contributed by atoms with Crippen molar-refractivity contribution in [2.75, 3.05) is 45.8 Å². The molecule has 3 rings (SSSR count). The summed E-state index contributed by atoms with van der Waals surface area (Å²) in [5.74, 6) is 0.0194. The quantitative estimate of drug-likeness (QED) is 0.606. The van der Waals surface area contributed by atoms with Gasteiger partial charge in [-0.3, -0.25) is 9.59 Å². The number of amides is 2. The van der Waals surface area contributed by atoms with Crippen molar-refractivity contribution in [3.05, 3.63) is 39.9 Å². The molecule has 0 aliphatic carbocycles. The van der Waals surface area contributed by atoms with E-state index in [0.29, 0.717) is 54.7 Å². The molecule has 2 aliphatic heterocycles. The first kappa shape index (κ1) is 25.0. The Morgan fingerprint density at radius 3 is 2.56 bits per heavy atom. The molecule has 2 saturated heterocycles. The summed E-state index contributed by atoms with van der Waals surface area (Å²) < 4.78 is 0. The number of nitrogens with one attached hydrogen (secondary N) is 1. The highest BCUT2D eigenvalue weighted by atomic mass is 35.5. The molecule has 0 spiro atoms. The van der Waals surface area contributed by atoms with E-state index in [1.807, 2.05) is 11.0 Å². The van der Waals surface area contributed by atoms with Crippen LogP contribution in [0.25, 0.3) is 6.08 Å². The topological polar surface area (TPSA) is 55.9 Å². The lowest BCUT2D eigenvalue weighted by Crippen LogP contribution is -2.47. The van der Waals surface area contributed by atoms with Crippen LogP contribution in [0.1, 0.15) is 38.7 Å². The normalized spacial score (nSPS) is 19.2. The number of rotatable bonds is 7. The molecule has 2 fully saturated rings. The first-order valence-corrected chi connectivity index (χ1v) is 12.3. The Bertz CT molecular complexity index is 822. The van der Waals surface area contributed by atoms with E-state index in [2.05, 4.69) is 24.1 Å². The number of nitrogens with zero attached hydrogens (tertiary/aromatic N) is 3. The van der Waals surface area contributed by atoms with Gasteiger partial charge in [-0.2, -0.15) is 0 Å². The van der Waals surface area contributed by atoms with Crippen molar-refractivity contribution in [1.82, 2.24) is 20.0 Å². The first-order valence-electron chi connectivity index (χ1n) is 11.5. The molecule has 32 heavy (non-hydrogen) atoms. The molecule has 1 N–H and O–H groups in total. The molecule has 0 saturated carbocycles. The van der Waals surface area contributed by atoms with Gasteiger partial charge in [0.05, 0.1) is 10.0 Å². The summed E-state index contributed by atoms with van der Waals surface area (Å²) in [5, 5.41) is 4.56. The van der Waals surface area contributed by atoms with Gasteiger partial charge in [-0.1, -0.05) is 29.3 Å². The van der Waals surface area contributed by atoms with Crippen LogP contribution < -0.4 is 5.32 Å². The molecule has 6 nitrogen and oxygen atoms in total. The van der Waals surface area contributed by atoms with E-state index in [9.17, 15) is 9.59 Å². The second-order valence-electron chi connectivity index (χ2n) is 8.82. The van der Waals surface area contributed by atoms with Gasteiger partial charge in [-0.05, 0) is 63.6 Å². The second-order valence-corrected chi connectivity index (χ2v) is 9.64. The summed E-state index contributed by atoms with van der Waals surface area (Å²) in [5.41, 5.74) is 0.811. The van der Waals surface area contributed by atoms with Gasteiger partial charge in [0.15, 0.2) is 0 Å². The molecule has 176 valence electrons. The highest BCUT2D eigenvalue weighted by Gasteiger charge is 2.24. The molecule has 8 heteroatoms. The Hall–Kier alpha value is -1.60. The van der Waals surface area contributed by atoms with Crippen molar-refractivity contribution >= 4 is 41.1 Å². The van der Waals surface area contributed by atoms with Gasteiger partial charge in [0, 0.05) is 57.3 Å². The van der Waals surface area contributed by atoms with E-state index in [1.54, 1.807) is 23.1 Å². The number of carbonyl (C=O) groups is 2. The average molecular weight is 481 g/mol. The fraction of sp³-hybridized carbons (Fsp3) is 0.583. The molecule has 0 atom stereocenters. The lowest BCUT2D eigenvalue weighted by Gasteiger charge is -2.35. The Morgan fingerprint density at radius 2 is 1.88 bits per heavy atom. The van der Waals surface area contributed by atoms with Crippen LogP contribution in [0.3, 0.4) is 0 Å². The largest absolute Gasteiger partial charge is 0.340 e. The fourth-order valence-electron chi connectivity index (χ4n) is 4.24. The molecule has 1 aromatic carbocycles. The predicted octanol–water partition coefficient (Wildman–Crippen LogP) is 3.53. The van der Waals surface area contributed by atoms with E-state index in [-0.39, 0.29) is 11.8 Å². The van der Waals surface area contributed by atoms with Crippen LogP contribution in [0.2, 0.25) is 10.0 Å². The maximum Gasteiger partial charge on any atom is 0.246 e. The van der Waals surface area contributed by atoms with E-state index >= 15 is 0 Å². The number of hydrogen-bond donors (Lipinski definition) is 1. The Balaban J connectivity index is 1.42. The van der Waals surface area contributed by atoms with Gasteiger partial charge in [0.2, 0.25) is 11.8 Å². The zero-order valence-electron chi connectivity index (χ0n) is 19.0. The maximum atomic E-state index is 12.6. The van der Waals surface area contributed by atoms with Gasteiger partial charge < -0.3 is 20.0 Å². The number of hydrogen-bond acceptors (Lipinski definition) is 4. The summed E-state index contributed by atoms with van der Waals surface area (Å²) in [4.78, 5) is 31.3. The standard InChI is InChI=1S/C24H34Cl2N4O2/c1-18(2)28-11-7-20(8-12-28)27-10-14-30-16-15-29(13-9-24(30)32)23(31)6-4-19-3-5-21(25)22(26)17-19/h3-6,17-18,20,27H,7-16H2,1-2H3/b6-4+. The van der Waals surface area contributed by atoms with Crippen molar-refractivity contribution in [3.8, 4) is 0 Å². The van der Waals surface area contributed by atoms with E-state index < -0.39 is 0 Å². The Kier molecular flexibility index (Phi) is 9.41. The van der Waals surface area contributed by atoms with Crippen LogP contribution in [0.5, 0.6) is 0 Å². The van der Waals surface area contributed by atoms with Gasteiger partial charge in [-0.25, -0.2) is 0 Å². The average Bonchev–Trinajstić information content (AvgIpc) is 2.96. The molecule has 2 aliphatic rings. The summed E-state index contributed by atoms with van der Waals surface area (Å²) in [6.45, 7) is 9.79. The van der Waals surface area contributed by atoms with E-state index in [4.69, 9.17) is 23.2 Å². The smallest absolute Gasteiger partial charge is 0.246 e. The number of likely N-dealkylation sites (tertiary alicyclic amines) is 1. The van der Waals surface area contributed by atoms with Crippen molar-refractivity contribution in [2.45, 2.75) is 45.2 Å². The monoisotopic (exact) mass is 480 g/mol. The van der Waals surface area contributed by atoms with Crippen molar-refractivity contribution in [2.24, 2.45) is 0 Å². The Morgan fingerprint density at radius 1 is 1.12 bits per heavy atom. The minimum Gasteiger partial charge on any atom is -0.340 e. The molecule has 0 bridgehead atoms. The highest BCUT2D eigenvalue weighted by molar-refractivity contribution is 6.42. The molecule has 2 amide bonds. The molecular weight excluding hydrogens is 447 g/mol. The van der Waals surface area contributed by atoms with Gasteiger partial charge >= 0.3 is 0 Å². The minimum atomic E-state index is -0.0965. The predicted molar refractivity (Wildman–Crippen MR) is 131 cm³/mol. The first-order chi connectivity index (χ1) is 15.3. The SMILES string of the molecule is CC(C)N1CCC(NCCN2CCN(C(=O)/C=C/c3ccc(Cl)c(Cl)c3)CCC2=O)CC1. The second kappa shape index (κ2) is 12.0. The van der Waals surface area contributed by atoms with Crippen LogP contribution in [0, 0.1) is 0 Å². The van der Waals surface area contributed by atoms with Gasteiger partial charge in [0.1, 0.15) is 0 Å². The molecule has 0 aromatic heterocycles. The van der Waals surface area contributed by atoms with Gasteiger partial charge in [-0.15, -0.1) is 0 Å². The Labute approximate surface area is 201 Å². The molecule has 1 aromatic rings. The van der Waals surface area contributed by atoms with Crippen LogP contribution >= 0.6 is 23.2 Å². The lowest BCUT2D eigenvalue weighted by atomic mass is 10.0. The van der Waals surface area contributed by atoms with Crippen molar-refractivity contribution < 1.29 is 9.59 Å². The van der Waals surface area contributed by atoms with Crippen LogP contribution in [0.4, 0.5) is 0 Å². The van der Waals surface area contributed by atoms with Crippen molar-refractivity contribution in [3.63, 3.8) is 0 Å². The summed E-state index contributed by atoms with van der Waals surface area (Å²) >= 11 is 12.0. The van der Waals surface area contributed by atoms with Gasteiger partial charge in [0.25, 0.3) is 0 Å². The minimum absolute atomic E-state index is 0.0965. The van der Waals surface area contributed by atoms with Crippen LogP contribution in [-0.4, -0.2) is 84.4 Å². The van der Waals surface area contributed by atoms with Crippen molar-refractivity contribution in [1.29, 1.82) is 0 Å². The molecule has 2 heterocycles. The van der Waals surface area contributed by atoms with E-state index in [1.165, 1.54) is 6.08 Å². The summed E-state index contributed by atoms with van der Waals surface area (Å²) in [7, 11) is 0. The third kappa shape index (κ3) is 7.20. The summed E-state index contributed by atoms with van der Waals surface area (Å²) in [6.07, 6.45) is 5.92. The third-order valence-corrected chi connectivity index (χ3v) is 7.08. The number of halogens is 2. The zero-order valence-corrected chi connectivity index (χ0v) is 20.5. The van der Waals surface area contributed by atoms with E-state index in [0.717, 1.165) is 38.0 Å².